The lowest BCUT2D eigenvalue weighted by molar-refractivity contribution is -0.123. The maximum atomic E-state index is 12.2. The van der Waals surface area contributed by atoms with Crippen molar-refractivity contribution >= 4 is 16.9 Å². The van der Waals surface area contributed by atoms with Crippen LogP contribution >= 0.6 is 0 Å². The molecule has 0 aliphatic rings. The highest BCUT2D eigenvalue weighted by Gasteiger charge is 2.09. The van der Waals surface area contributed by atoms with E-state index in [-0.39, 0.29) is 12.5 Å². The van der Waals surface area contributed by atoms with Crippen molar-refractivity contribution in [3.8, 4) is 17.2 Å². The zero-order valence-electron chi connectivity index (χ0n) is 17.3. The van der Waals surface area contributed by atoms with Crippen molar-refractivity contribution < 1.29 is 23.4 Å². The standard InChI is InChI=1S/C23H25NO6/c1-4-5-16-11-23(26)30-20-12-17(7-8-18(16)20)29-14-22(25)24-13-15-6-9-19(27-2)21(10-15)28-3/h6-12H,4-5,13-14H2,1-3H3,(H,24,25). The molecule has 0 bridgehead atoms. The zero-order valence-corrected chi connectivity index (χ0v) is 17.3. The second-order valence-electron chi connectivity index (χ2n) is 6.75. The van der Waals surface area contributed by atoms with E-state index in [1.807, 2.05) is 12.1 Å². The molecular formula is C23H25NO6. The van der Waals surface area contributed by atoms with Gasteiger partial charge < -0.3 is 23.9 Å². The van der Waals surface area contributed by atoms with E-state index < -0.39 is 5.63 Å². The lowest BCUT2D eigenvalue weighted by Crippen LogP contribution is -2.28. The third-order valence-corrected chi connectivity index (χ3v) is 4.63. The van der Waals surface area contributed by atoms with Gasteiger partial charge in [0.25, 0.3) is 5.91 Å². The fourth-order valence-electron chi connectivity index (χ4n) is 3.17. The van der Waals surface area contributed by atoms with E-state index in [0.29, 0.717) is 29.4 Å². The Kier molecular flexibility index (Phi) is 6.95. The van der Waals surface area contributed by atoms with Crippen molar-refractivity contribution in [1.82, 2.24) is 5.32 Å². The molecule has 1 heterocycles. The molecule has 3 aromatic rings. The van der Waals surface area contributed by atoms with Gasteiger partial charge in [0.05, 0.1) is 14.2 Å². The zero-order chi connectivity index (χ0) is 21.5. The number of carbonyl (C=O) groups excluding carboxylic acids is 1. The van der Waals surface area contributed by atoms with Gasteiger partial charge in [-0.05, 0) is 41.8 Å². The first-order valence-corrected chi connectivity index (χ1v) is 9.71. The normalized spacial score (nSPS) is 10.6. The number of hydrogen-bond acceptors (Lipinski definition) is 6. The summed E-state index contributed by atoms with van der Waals surface area (Å²) in [6, 6.07) is 12.2. The molecule has 0 saturated heterocycles. The van der Waals surface area contributed by atoms with Crippen molar-refractivity contribution in [3.63, 3.8) is 0 Å². The molecule has 1 amide bonds. The van der Waals surface area contributed by atoms with E-state index >= 15 is 0 Å². The predicted molar refractivity (Wildman–Crippen MR) is 113 cm³/mol. The first kappa shape index (κ1) is 21.2. The van der Waals surface area contributed by atoms with Gasteiger partial charge in [-0.25, -0.2) is 4.79 Å². The van der Waals surface area contributed by atoms with Gasteiger partial charge in [0, 0.05) is 24.1 Å². The molecule has 0 aliphatic carbocycles. The molecule has 1 aromatic heterocycles. The number of hydrogen-bond donors (Lipinski definition) is 1. The van der Waals surface area contributed by atoms with Crippen LogP contribution in [0.25, 0.3) is 11.0 Å². The van der Waals surface area contributed by atoms with Crippen molar-refractivity contribution in [2.75, 3.05) is 20.8 Å². The number of rotatable bonds is 9. The molecule has 30 heavy (non-hydrogen) atoms. The van der Waals surface area contributed by atoms with Crippen LogP contribution in [0.3, 0.4) is 0 Å². The van der Waals surface area contributed by atoms with Gasteiger partial charge >= 0.3 is 5.63 Å². The number of carbonyl (C=O) groups is 1. The predicted octanol–water partition coefficient (Wildman–Crippen LogP) is 3.46. The lowest BCUT2D eigenvalue weighted by Gasteiger charge is -2.11. The summed E-state index contributed by atoms with van der Waals surface area (Å²) in [4.78, 5) is 23.9. The van der Waals surface area contributed by atoms with E-state index in [4.69, 9.17) is 18.6 Å². The summed E-state index contributed by atoms with van der Waals surface area (Å²) in [5.74, 6) is 1.41. The molecule has 0 atom stereocenters. The maximum Gasteiger partial charge on any atom is 0.336 e. The third kappa shape index (κ3) is 5.11. The Hall–Kier alpha value is -3.48. The largest absolute Gasteiger partial charge is 0.493 e. The minimum atomic E-state index is -0.393. The Morgan fingerprint density at radius 2 is 1.83 bits per heavy atom. The maximum absolute atomic E-state index is 12.2. The molecule has 7 nitrogen and oxygen atoms in total. The Labute approximate surface area is 174 Å². The van der Waals surface area contributed by atoms with E-state index in [0.717, 1.165) is 29.4 Å². The fourth-order valence-corrected chi connectivity index (χ4v) is 3.17. The quantitative estimate of drug-likeness (QED) is 0.543. The van der Waals surface area contributed by atoms with Crippen molar-refractivity contribution in [1.29, 1.82) is 0 Å². The van der Waals surface area contributed by atoms with Gasteiger partial charge in [0.2, 0.25) is 0 Å². The van der Waals surface area contributed by atoms with Gasteiger partial charge in [-0.15, -0.1) is 0 Å². The number of benzene rings is 2. The number of amides is 1. The van der Waals surface area contributed by atoms with Gasteiger partial charge in [-0.1, -0.05) is 19.4 Å². The topological polar surface area (TPSA) is 87.0 Å². The van der Waals surface area contributed by atoms with Crippen molar-refractivity contribution in [3.05, 3.63) is 64.0 Å². The van der Waals surface area contributed by atoms with Crippen LogP contribution in [0.15, 0.2) is 51.7 Å². The average Bonchev–Trinajstić information content (AvgIpc) is 2.75. The minimum Gasteiger partial charge on any atom is -0.493 e. The summed E-state index contributed by atoms with van der Waals surface area (Å²) < 4.78 is 21.3. The highest BCUT2D eigenvalue weighted by atomic mass is 16.5. The molecule has 2 aromatic carbocycles. The number of aryl methyl sites for hydroxylation is 1. The summed E-state index contributed by atoms with van der Waals surface area (Å²) in [7, 11) is 3.13. The van der Waals surface area contributed by atoms with Crippen molar-refractivity contribution in [2.24, 2.45) is 0 Å². The third-order valence-electron chi connectivity index (χ3n) is 4.63. The summed E-state index contributed by atoms with van der Waals surface area (Å²) in [6.45, 7) is 2.23. The smallest absolute Gasteiger partial charge is 0.336 e. The molecule has 7 heteroatoms. The molecule has 0 unspecified atom stereocenters. The summed E-state index contributed by atoms with van der Waals surface area (Å²) in [5, 5.41) is 3.67. The van der Waals surface area contributed by atoms with Gasteiger partial charge in [0.15, 0.2) is 18.1 Å². The van der Waals surface area contributed by atoms with Crippen LogP contribution in [0.1, 0.15) is 24.5 Å². The van der Waals surface area contributed by atoms with Crippen molar-refractivity contribution in [2.45, 2.75) is 26.3 Å². The van der Waals surface area contributed by atoms with Gasteiger partial charge in [-0.3, -0.25) is 4.79 Å². The number of methoxy groups -OCH3 is 2. The van der Waals surface area contributed by atoms with Crippen LogP contribution in [0, 0.1) is 0 Å². The van der Waals surface area contributed by atoms with E-state index in [1.165, 1.54) is 6.07 Å². The molecular weight excluding hydrogens is 386 g/mol. The molecule has 0 fully saturated rings. The van der Waals surface area contributed by atoms with E-state index in [9.17, 15) is 9.59 Å². The van der Waals surface area contributed by atoms with E-state index in [1.54, 1.807) is 38.5 Å². The number of nitrogens with one attached hydrogen (secondary N) is 1. The Balaban J connectivity index is 1.60. The first-order valence-electron chi connectivity index (χ1n) is 9.71. The second-order valence-corrected chi connectivity index (χ2v) is 6.75. The monoisotopic (exact) mass is 411 g/mol. The SMILES string of the molecule is CCCc1cc(=O)oc2cc(OCC(=O)NCc3ccc(OC)c(OC)c3)ccc12. The molecule has 0 radical (unpaired) electrons. The molecule has 0 aliphatic heterocycles. The average molecular weight is 411 g/mol. The first-order chi connectivity index (χ1) is 14.5. The number of ether oxygens (including phenoxy) is 3. The van der Waals surface area contributed by atoms with Crippen LogP contribution in [0.5, 0.6) is 17.2 Å². The van der Waals surface area contributed by atoms with Gasteiger partial charge in [-0.2, -0.15) is 0 Å². The van der Waals surface area contributed by atoms with Crippen LogP contribution in [0.4, 0.5) is 0 Å². The van der Waals surface area contributed by atoms with Crippen LogP contribution in [0.2, 0.25) is 0 Å². The van der Waals surface area contributed by atoms with Crippen LogP contribution in [-0.2, 0) is 17.8 Å². The highest BCUT2D eigenvalue weighted by molar-refractivity contribution is 5.82. The molecule has 3 rings (SSSR count). The Bertz CT molecular complexity index is 1090. The van der Waals surface area contributed by atoms with Crippen LogP contribution in [-0.4, -0.2) is 26.7 Å². The van der Waals surface area contributed by atoms with Crippen LogP contribution < -0.4 is 25.2 Å². The molecule has 158 valence electrons. The molecule has 1 N–H and O–H groups in total. The Morgan fingerprint density at radius 3 is 2.57 bits per heavy atom. The second kappa shape index (κ2) is 9.82. The van der Waals surface area contributed by atoms with Gasteiger partial charge in [0.1, 0.15) is 11.3 Å². The highest BCUT2D eigenvalue weighted by Crippen LogP contribution is 2.27. The van der Waals surface area contributed by atoms with E-state index in [2.05, 4.69) is 12.2 Å². The molecule has 0 saturated carbocycles. The summed E-state index contributed by atoms with van der Waals surface area (Å²) >= 11 is 0. The molecule has 0 spiro atoms. The Morgan fingerprint density at radius 1 is 1.03 bits per heavy atom. The lowest BCUT2D eigenvalue weighted by atomic mass is 10.1. The minimum absolute atomic E-state index is 0.155. The summed E-state index contributed by atoms with van der Waals surface area (Å²) in [6.07, 6.45) is 1.72. The fraction of sp³-hybridized carbons (Fsp3) is 0.304. The number of fused-ring (bicyclic) bond motifs is 1. The summed E-state index contributed by atoms with van der Waals surface area (Å²) in [5.41, 5.74) is 1.88.